The first kappa shape index (κ1) is 17.8. The average Bonchev–Trinajstić information content (AvgIpc) is 2.99. The van der Waals surface area contributed by atoms with E-state index in [0.29, 0.717) is 13.0 Å². The fraction of sp³-hybridized carbons (Fsp3) is 0.600. The molecule has 0 bridgehead atoms. The monoisotopic (exact) mass is 343 g/mol. The second-order valence-corrected chi connectivity index (χ2v) is 8.18. The first-order valence-corrected chi connectivity index (χ1v) is 9.25. The summed E-state index contributed by atoms with van der Waals surface area (Å²) in [5, 5.41) is 3.18. The van der Waals surface area contributed by atoms with Gasteiger partial charge in [0.15, 0.2) is 0 Å². The van der Waals surface area contributed by atoms with Crippen molar-refractivity contribution in [1.29, 1.82) is 0 Å². The fourth-order valence-electron chi connectivity index (χ4n) is 3.77. The lowest BCUT2D eigenvalue weighted by molar-refractivity contribution is -0.132. The smallest absolute Gasteiger partial charge is 0.225 e. The van der Waals surface area contributed by atoms with Crippen LogP contribution in [-0.4, -0.2) is 47.9 Å². The normalized spacial score (nSPS) is 22.4. The third-order valence-electron chi connectivity index (χ3n) is 5.27. The van der Waals surface area contributed by atoms with Gasteiger partial charge in [0.25, 0.3) is 0 Å². The third kappa shape index (κ3) is 4.14. The van der Waals surface area contributed by atoms with Crippen molar-refractivity contribution in [3.05, 3.63) is 30.3 Å². The van der Waals surface area contributed by atoms with Crippen molar-refractivity contribution in [3.8, 4) is 0 Å². The van der Waals surface area contributed by atoms with E-state index < -0.39 is 0 Å². The number of benzene rings is 1. The van der Waals surface area contributed by atoms with E-state index in [4.69, 9.17) is 0 Å². The Morgan fingerprint density at radius 1 is 1.12 bits per heavy atom. The van der Waals surface area contributed by atoms with Crippen molar-refractivity contribution in [1.82, 2.24) is 10.2 Å². The number of para-hydroxylation sites is 1. The van der Waals surface area contributed by atoms with E-state index in [1.807, 2.05) is 31.7 Å². The molecule has 1 aromatic carbocycles. The van der Waals surface area contributed by atoms with Gasteiger partial charge in [-0.05, 0) is 45.7 Å². The molecule has 0 saturated carbocycles. The van der Waals surface area contributed by atoms with Crippen LogP contribution in [0.4, 0.5) is 5.69 Å². The van der Waals surface area contributed by atoms with Crippen LogP contribution in [0.3, 0.4) is 0 Å². The molecule has 3 rings (SSSR count). The summed E-state index contributed by atoms with van der Waals surface area (Å²) in [5.74, 6) is -0.0799. The van der Waals surface area contributed by atoms with Crippen LogP contribution in [-0.2, 0) is 9.59 Å². The number of rotatable bonds is 3. The summed E-state index contributed by atoms with van der Waals surface area (Å²) in [5.41, 5.74) is 1.03. The SMILES string of the molecule is CC(C)(C)N1CC(C(=O)NC2CCN(c3ccccc3)CC2)CC1=O. The van der Waals surface area contributed by atoms with Crippen LogP contribution in [0.25, 0.3) is 0 Å². The molecule has 1 atom stereocenters. The maximum atomic E-state index is 12.6. The summed E-state index contributed by atoms with van der Waals surface area (Å²) in [7, 11) is 0. The minimum atomic E-state index is -0.215. The number of carbonyl (C=O) groups is 2. The van der Waals surface area contributed by atoms with Gasteiger partial charge in [-0.2, -0.15) is 0 Å². The van der Waals surface area contributed by atoms with Crippen LogP contribution >= 0.6 is 0 Å². The van der Waals surface area contributed by atoms with Crippen molar-refractivity contribution in [2.24, 2.45) is 5.92 Å². The zero-order valence-electron chi connectivity index (χ0n) is 15.5. The predicted octanol–water partition coefficient (Wildman–Crippen LogP) is 2.42. The molecule has 2 fully saturated rings. The van der Waals surface area contributed by atoms with Gasteiger partial charge >= 0.3 is 0 Å². The van der Waals surface area contributed by atoms with Crippen LogP contribution in [0, 0.1) is 5.92 Å². The molecule has 136 valence electrons. The minimum Gasteiger partial charge on any atom is -0.371 e. The van der Waals surface area contributed by atoms with E-state index in [1.165, 1.54) is 5.69 Å². The number of nitrogens with one attached hydrogen (secondary N) is 1. The summed E-state index contributed by atoms with van der Waals surface area (Å²) < 4.78 is 0. The highest BCUT2D eigenvalue weighted by atomic mass is 16.2. The van der Waals surface area contributed by atoms with Crippen LogP contribution in [0.1, 0.15) is 40.0 Å². The summed E-state index contributed by atoms with van der Waals surface area (Å²) in [6.45, 7) is 8.50. The number of hydrogen-bond donors (Lipinski definition) is 1. The number of piperidine rings is 1. The molecule has 5 heteroatoms. The first-order chi connectivity index (χ1) is 11.8. The Bertz CT molecular complexity index is 616. The number of amides is 2. The molecular weight excluding hydrogens is 314 g/mol. The van der Waals surface area contributed by atoms with E-state index in [2.05, 4.69) is 34.5 Å². The number of anilines is 1. The van der Waals surface area contributed by atoms with Gasteiger partial charge in [0.2, 0.25) is 11.8 Å². The van der Waals surface area contributed by atoms with Gasteiger partial charge in [0.05, 0.1) is 5.92 Å². The van der Waals surface area contributed by atoms with Crippen LogP contribution in [0.15, 0.2) is 30.3 Å². The Hall–Kier alpha value is -2.04. The molecule has 0 aliphatic carbocycles. The van der Waals surface area contributed by atoms with Crippen LogP contribution in [0.5, 0.6) is 0 Å². The zero-order valence-corrected chi connectivity index (χ0v) is 15.5. The quantitative estimate of drug-likeness (QED) is 0.917. The molecule has 2 aliphatic heterocycles. The molecule has 2 amide bonds. The lowest BCUT2D eigenvalue weighted by Gasteiger charge is -2.34. The molecule has 0 radical (unpaired) electrons. The molecule has 0 aromatic heterocycles. The Labute approximate surface area is 150 Å². The van der Waals surface area contributed by atoms with Crippen molar-refractivity contribution in [2.75, 3.05) is 24.5 Å². The second-order valence-electron chi connectivity index (χ2n) is 8.18. The largest absolute Gasteiger partial charge is 0.371 e. The molecule has 2 saturated heterocycles. The minimum absolute atomic E-state index is 0.0401. The maximum Gasteiger partial charge on any atom is 0.225 e. The number of carbonyl (C=O) groups excluding carboxylic acids is 2. The number of hydrogen-bond acceptors (Lipinski definition) is 3. The standard InChI is InChI=1S/C20H29N3O2/c1-20(2,3)23-14-15(13-18(23)24)19(25)21-16-9-11-22(12-10-16)17-7-5-4-6-8-17/h4-8,15-16H,9-14H2,1-3H3,(H,21,25). The molecule has 1 unspecified atom stereocenters. The van der Waals surface area contributed by atoms with Crippen molar-refractivity contribution >= 4 is 17.5 Å². The first-order valence-electron chi connectivity index (χ1n) is 9.25. The topological polar surface area (TPSA) is 52.7 Å². The van der Waals surface area contributed by atoms with Crippen molar-refractivity contribution in [3.63, 3.8) is 0 Å². The van der Waals surface area contributed by atoms with Crippen LogP contribution < -0.4 is 10.2 Å². The lowest BCUT2D eigenvalue weighted by atomic mass is 10.0. The second kappa shape index (κ2) is 7.06. The number of nitrogens with zero attached hydrogens (tertiary/aromatic N) is 2. The number of likely N-dealkylation sites (tertiary alicyclic amines) is 1. The highest BCUT2D eigenvalue weighted by Crippen LogP contribution is 2.26. The Morgan fingerprint density at radius 2 is 1.76 bits per heavy atom. The average molecular weight is 343 g/mol. The highest BCUT2D eigenvalue weighted by Gasteiger charge is 2.39. The van der Waals surface area contributed by atoms with Gasteiger partial charge in [-0.3, -0.25) is 9.59 Å². The molecule has 1 aromatic rings. The molecule has 0 spiro atoms. The molecule has 2 heterocycles. The summed E-state index contributed by atoms with van der Waals surface area (Å²) in [6, 6.07) is 10.6. The Morgan fingerprint density at radius 3 is 2.32 bits per heavy atom. The summed E-state index contributed by atoms with van der Waals surface area (Å²) in [6.07, 6.45) is 2.24. The summed E-state index contributed by atoms with van der Waals surface area (Å²) >= 11 is 0. The fourth-order valence-corrected chi connectivity index (χ4v) is 3.77. The van der Waals surface area contributed by atoms with Gasteiger partial charge in [-0.15, -0.1) is 0 Å². The highest BCUT2D eigenvalue weighted by molar-refractivity contribution is 5.89. The van der Waals surface area contributed by atoms with Gasteiger partial charge < -0.3 is 15.1 Å². The predicted molar refractivity (Wildman–Crippen MR) is 99.4 cm³/mol. The van der Waals surface area contributed by atoms with E-state index >= 15 is 0 Å². The van der Waals surface area contributed by atoms with E-state index in [-0.39, 0.29) is 29.3 Å². The van der Waals surface area contributed by atoms with E-state index in [0.717, 1.165) is 25.9 Å². The summed E-state index contributed by atoms with van der Waals surface area (Å²) in [4.78, 5) is 28.9. The Balaban J connectivity index is 1.49. The molecule has 5 nitrogen and oxygen atoms in total. The maximum absolute atomic E-state index is 12.6. The Kier molecular flexibility index (Phi) is 5.02. The molecule has 1 N–H and O–H groups in total. The van der Waals surface area contributed by atoms with Crippen molar-refractivity contribution in [2.45, 2.75) is 51.6 Å². The molecular formula is C20H29N3O2. The molecule has 2 aliphatic rings. The molecule has 25 heavy (non-hydrogen) atoms. The van der Waals surface area contributed by atoms with Gasteiger partial charge in [-0.25, -0.2) is 0 Å². The zero-order chi connectivity index (χ0) is 18.0. The van der Waals surface area contributed by atoms with Gasteiger partial charge in [0, 0.05) is 43.3 Å². The van der Waals surface area contributed by atoms with Crippen molar-refractivity contribution < 1.29 is 9.59 Å². The van der Waals surface area contributed by atoms with Gasteiger partial charge in [-0.1, -0.05) is 18.2 Å². The third-order valence-corrected chi connectivity index (χ3v) is 5.27. The van der Waals surface area contributed by atoms with E-state index in [9.17, 15) is 9.59 Å². The van der Waals surface area contributed by atoms with Gasteiger partial charge in [0.1, 0.15) is 0 Å². The van der Waals surface area contributed by atoms with E-state index in [1.54, 1.807) is 0 Å². The van der Waals surface area contributed by atoms with Crippen LogP contribution in [0.2, 0.25) is 0 Å². The lowest BCUT2D eigenvalue weighted by Crippen LogP contribution is -2.47.